The van der Waals surface area contributed by atoms with Crippen LogP contribution in [0.5, 0.6) is 0 Å². The Morgan fingerprint density at radius 1 is 1.25 bits per heavy atom. The summed E-state index contributed by atoms with van der Waals surface area (Å²) in [5.74, 6) is -1.83. The number of nitrogens with zero attached hydrogens (tertiary/aromatic N) is 2. The van der Waals surface area contributed by atoms with Gasteiger partial charge in [0.15, 0.2) is 11.6 Å². The van der Waals surface area contributed by atoms with E-state index in [2.05, 4.69) is 0 Å². The SMILES string of the molecule is CC(=O)N1CCN(CC(O)c2ccc(F)c(F)c2)CC1. The van der Waals surface area contributed by atoms with Gasteiger partial charge in [-0.15, -0.1) is 0 Å². The normalized spacial score (nSPS) is 18.1. The van der Waals surface area contributed by atoms with E-state index in [0.29, 0.717) is 38.3 Å². The van der Waals surface area contributed by atoms with Crippen molar-refractivity contribution in [2.75, 3.05) is 32.7 Å². The van der Waals surface area contributed by atoms with Crippen LogP contribution in [-0.4, -0.2) is 53.5 Å². The standard InChI is InChI=1S/C14H18F2N2O2/c1-10(19)18-6-4-17(5-7-18)9-14(20)11-2-3-12(15)13(16)8-11/h2-3,8,14,20H,4-7,9H2,1H3. The van der Waals surface area contributed by atoms with Crippen LogP contribution in [0.25, 0.3) is 0 Å². The molecule has 4 nitrogen and oxygen atoms in total. The van der Waals surface area contributed by atoms with Crippen LogP contribution in [0.3, 0.4) is 0 Å². The number of hydrogen-bond donors (Lipinski definition) is 1. The van der Waals surface area contributed by atoms with E-state index < -0.39 is 17.7 Å². The van der Waals surface area contributed by atoms with Gasteiger partial charge in [0.05, 0.1) is 6.10 Å². The molecule has 2 rings (SSSR count). The third-order valence-corrected chi connectivity index (χ3v) is 3.58. The van der Waals surface area contributed by atoms with Crippen molar-refractivity contribution in [3.63, 3.8) is 0 Å². The van der Waals surface area contributed by atoms with E-state index in [4.69, 9.17) is 0 Å². The molecule has 0 bridgehead atoms. The fraction of sp³-hybridized carbons (Fsp3) is 0.500. The molecule has 1 aromatic carbocycles. The monoisotopic (exact) mass is 284 g/mol. The van der Waals surface area contributed by atoms with Crippen molar-refractivity contribution in [1.29, 1.82) is 0 Å². The first kappa shape index (κ1) is 14.9. The molecule has 1 aromatic rings. The lowest BCUT2D eigenvalue weighted by atomic mass is 10.1. The molecule has 1 fully saturated rings. The third kappa shape index (κ3) is 3.52. The van der Waals surface area contributed by atoms with Gasteiger partial charge in [-0.1, -0.05) is 6.07 Å². The Balaban J connectivity index is 1.90. The number of aliphatic hydroxyl groups excluding tert-OH is 1. The van der Waals surface area contributed by atoms with E-state index in [1.807, 2.05) is 4.90 Å². The lowest BCUT2D eigenvalue weighted by molar-refractivity contribution is -0.130. The number of carbonyl (C=O) groups is 1. The van der Waals surface area contributed by atoms with E-state index in [0.717, 1.165) is 12.1 Å². The van der Waals surface area contributed by atoms with Crippen LogP contribution in [-0.2, 0) is 4.79 Å². The molecule has 1 amide bonds. The van der Waals surface area contributed by atoms with Gasteiger partial charge in [-0.3, -0.25) is 9.69 Å². The van der Waals surface area contributed by atoms with Gasteiger partial charge >= 0.3 is 0 Å². The fourth-order valence-electron chi connectivity index (χ4n) is 2.31. The van der Waals surface area contributed by atoms with Gasteiger partial charge in [0.2, 0.25) is 5.91 Å². The number of amides is 1. The average Bonchev–Trinajstić information content (AvgIpc) is 2.42. The van der Waals surface area contributed by atoms with Crippen LogP contribution in [0, 0.1) is 11.6 Å². The predicted octanol–water partition coefficient (Wildman–Crippen LogP) is 1.16. The molecule has 0 aliphatic carbocycles. The number of aliphatic hydroxyl groups is 1. The first-order chi connectivity index (χ1) is 9.47. The molecule has 1 unspecified atom stereocenters. The van der Waals surface area contributed by atoms with Crippen molar-refractivity contribution in [2.45, 2.75) is 13.0 Å². The van der Waals surface area contributed by atoms with Crippen molar-refractivity contribution < 1.29 is 18.7 Å². The highest BCUT2D eigenvalue weighted by Gasteiger charge is 2.21. The van der Waals surface area contributed by atoms with Crippen molar-refractivity contribution in [3.05, 3.63) is 35.4 Å². The Bertz CT molecular complexity index is 488. The molecule has 0 spiro atoms. The molecule has 1 heterocycles. The largest absolute Gasteiger partial charge is 0.387 e. The molecule has 1 N–H and O–H groups in total. The van der Waals surface area contributed by atoms with Crippen LogP contribution in [0.1, 0.15) is 18.6 Å². The minimum Gasteiger partial charge on any atom is -0.387 e. The summed E-state index contributed by atoms with van der Waals surface area (Å²) >= 11 is 0. The minimum atomic E-state index is -0.956. The summed E-state index contributed by atoms with van der Waals surface area (Å²) in [5.41, 5.74) is 0.359. The summed E-state index contributed by atoms with van der Waals surface area (Å²) in [5, 5.41) is 10.1. The number of rotatable bonds is 3. The summed E-state index contributed by atoms with van der Waals surface area (Å²) in [6, 6.07) is 3.42. The summed E-state index contributed by atoms with van der Waals surface area (Å²) in [6.45, 7) is 4.46. The van der Waals surface area contributed by atoms with Gasteiger partial charge in [-0.2, -0.15) is 0 Å². The smallest absolute Gasteiger partial charge is 0.219 e. The van der Waals surface area contributed by atoms with Crippen LogP contribution < -0.4 is 0 Å². The van der Waals surface area contributed by atoms with E-state index in [9.17, 15) is 18.7 Å². The highest BCUT2D eigenvalue weighted by molar-refractivity contribution is 5.73. The Morgan fingerprint density at radius 2 is 1.90 bits per heavy atom. The van der Waals surface area contributed by atoms with E-state index >= 15 is 0 Å². The van der Waals surface area contributed by atoms with Crippen LogP contribution in [0.2, 0.25) is 0 Å². The highest BCUT2D eigenvalue weighted by atomic mass is 19.2. The number of β-amino-alcohol motifs (C(OH)–C–C–N with tert-alkyl or cyclic N) is 1. The molecule has 1 aliphatic heterocycles. The fourth-order valence-corrected chi connectivity index (χ4v) is 2.31. The molecular formula is C14H18F2N2O2. The Labute approximate surface area is 116 Å². The number of piperazine rings is 1. The molecule has 110 valence electrons. The second-order valence-corrected chi connectivity index (χ2v) is 5.00. The second-order valence-electron chi connectivity index (χ2n) is 5.00. The summed E-state index contributed by atoms with van der Waals surface area (Å²) in [7, 11) is 0. The zero-order valence-corrected chi connectivity index (χ0v) is 11.4. The van der Waals surface area contributed by atoms with Gasteiger partial charge < -0.3 is 10.0 Å². The maximum Gasteiger partial charge on any atom is 0.219 e. The molecule has 1 aliphatic rings. The Hall–Kier alpha value is -1.53. The molecule has 20 heavy (non-hydrogen) atoms. The Kier molecular flexibility index (Phi) is 4.67. The summed E-state index contributed by atoms with van der Waals surface area (Å²) in [4.78, 5) is 15.0. The lowest BCUT2D eigenvalue weighted by Crippen LogP contribution is -2.48. The second kappa shape index (κ2) is 6.28. The number of carbonyl (C=O) groups excluding carboxylic acids is 1. The molecule has 1 saturated heterocycles. The van der Waals surface area contributed by atoms with Gasteiger partial charge in [-0.25, -0.2) is 8.78 Å². The highest BCUT2D eigenvalue weighted by Crippen LogP contribution is 2.18. The van der Waals surface area contributed by atoms with Crippen molar-refractivity contribution in [1.82, 2.24) is 9.80 Å². The zero-order chi connectivity index (χ0) is 14.7. The third-order valence-electron chi connectivity index (χ3n) is 3.58. The van der Waals surface area contributed by atoms with E-state index in [1.54, 1.807) is 4.90 Å². The van der Waals surface area contributed by atoms with Crippen molar-refractivity contribution in [2.24, 2.45) is 0 Å². The van der Waals surface area contributed by atoms with Gasteiger partial charge in [0.25, 0.3) is 0 Å². The topological polar surface area (TPSA) is 43.8 Å². The lowest BCUT2D eigenvalue weighted by Gasteiger charge is -2.35. The first-order valence-electron chi connectivity index (χ1n) is 6.58. The summed E-state index contributed by atoms with van der Waals surface area (Å²) in [6.07, 6.45) is -0.867. The van der Waals surface area contributed by atoms with Crippen molar-refractivity contribution >= 4 is 5.91 Å². The van der Waals surface area contributed by atoms with Gasteiger partial charge in [0.1, 0.15) is 0 Å². The Morgan fingerprint density at radius 3 is 2.45 bits per heavy atom. The van der Waals surface area contributed by atoms with Gasteiger partial charge in [0, 0.05) is 39.6 Å². The maximum absolute atomic E-state index is 13.1. The number of halogens is 2. The van der Waals surface area contributed by atoms with Crippen molar-refractivity contribution in [3.8, 4) is 0 Å². The minimum absolute atomic E-state index is 0.0470. The molecule has 1 atom stereocenters. The number of hydrogen-bond acceptors (Lipinski definition) is 3. The first-order valence-corrected chi connectivity index (χ1v) is 6.58. The number of benzene rings is 1. The molecule has 6 heteroatoms. The van der Waals surface area contributed by atoms with Gasteiger partial charge in [-0.05, 0) is 17.7 Å². The average molecular weight is 284 g/mol. The zero-order valence-electron chi connectivity index (χ0n) is 11.4. The maximum atomic E-state index is 13.1. The molecular weight excluding hydrogens is 266 g/mol. The molecule has 0 saturated carbocycles. The molecule has 0 radical (unpaired) electrons. The van der Waals surface area contributed by atoms with E-state index in [-0.39, 0.29) is 5.91 Å². The quantitative estimate of drug-likeness (QED) is 0.906. The predicted molar refractivity (Wildman–Crippen MR) is 70.0 cm³/mol. The summed E-state index contributed by atoms with van der Waals surface area (Å²) < 4.78 is 25.9. The molecule has 0 aromatic heterocycles. The van der Waals surface area contributed by atoms with E-state index in [1.165, 1.54) is 13.0 Å². The van der Waals surface area contributed by atoms with Crippen LogP contribution in [0.4, 0.5) is 8.78 Å². The van der Waals surface area contributed by atoms with Crippen LogP contribution >= 0.6 is 0 Å². The van der Waals surface area contributed by atoms with Crippen LogP contribution in [0.15, 0.2) is 18.2 Å².